The lowest BCUT2D eigenvalue weighted by Crippen LogP contribution is -2.32. The van der Waals surface area contributed by atoms with Crippen molar-refractivity contribution in [3.8, 4) is 11.3 Å². The number of rotatable bonds is 4. The molecule has 1 aliphatic rings. The zero-order valence-corrected chi connectivity index (χ0v) is 19.2. The van der Waals surface area contributed by atoms with E-state index >= 15 is 0 Å². The first kappa shape index (κ1) is 22.9. The maximum atomic E-state index is 12.9. The first-order chi connectivity index (χ1) is 15.6. The van der Waals surface area contributed by atoms with E-state index in [0.717, 1.165) is 5.69 Å². The highest BCUT2D eigenvalue weighted by atomic mass is 16.6. The summed E-state index contributed by atoms with van der Waals surface area (Å²) in [4.78, 5) is 33.6. The molecule has 2 N–H and O–H groups in total. The van der Waals surface area contributed by atoms with Gasteiger partial charge in [0.05, 0.1) is 41.7 Å². The number of ether oxygens (including phenoxy) is 2. The Labute approximate surface area is 191 Å². The SMILES string of the molecule is CC(=O)Nc1cc2c(-c3cccc(C4(CO)CCOC4)n3)cn(C(=O)OC(C)(C)C)c2cn1. The second-order valence-electron chi connectivity index (χ2n) is 9.31. The van der Waals surface area contributed by atoms with Gasteiger partial charge in [0.1, 0.15) is 11.4 Å². The van der Waals surface area contributed by atoms with Crippen LogP contribution in [0.5, 0.6) is 0 Å². The summed E-state index contributed by atoms with van der Waals surface area (Å²) in [5, 5.41) is 13.4. The lowest BCUT2D eigenvalue weighted by molar-refractivity contribution is -0.114. The molecule has 0 spiro atoms. The van der Waals surface area contributed by atoms with Crippen molar-refractivity contribution in [3.05, 3.63) is 42.4 Å². The molecule has 1 aliphatic heterocycles. The molecule has 3 aromatic rings. The van der Waals surface area contributed by atoms with Crippen molar-refractivity contribution in [3.63, 3.8) is 0 Å². The molecule has 4 heterocycles. The highest BCUT2D eigenvalue weighted by Crippen LogP contribution is 2.35. The average Bonchev–Trinajstić information content (AvgIpc) is 3.38. The second kappa shape index (κ2) is 8.57. The van der Waals surface area contributed by atoms with E-state index in [1.807, 2.05) is 18.2 Å². The van der Waals surface area contributed by atoms with Crippen LogP contribution in [0.1, 0.15) is 39.8 Å². The van der Waals surface area contributed by atoms with Crippen LogP contribution in [0.15, 0.2) is 36.7 Å². The van der Waals surface area contributed by atoms with Gasteiger partial charge in [0.15, 0.2) is 0 Å². The van der Waals surface area contributed by atoms with Gasteiger partial charge in [-0.25, -0.2) is 9.78 Å². The zero-order chi connectivity index (χ0) is 23.8. The Morgan fingerprint density at radius 3 is 2.76 bits per heavy atom. The number of aliphatic hydroxyl groups excluding tert-OH is 1. The molecule has 33 heavy (non-hydrogen) atoms. The molecule has 0 saturated carbocycles. The van der Waals surface area contributed by atoms with Crippen LogP contribution in [-0.2, 0) is 19.7 Å². The summed E-state index contributed by atoms with van der Waals surface area (Å²) in [6.07, 6.45) is 3.33. The summed E-state index contributed by atoms with van der Waals surface area (Å²) in [6, 6.07) is 7.31. The molecule has 1 unspecified atom stereocenters. The van der Waals surface area contributed by atoms with Gasteiger partial charge in [-0.2, -0.15) is 0 Å². The van der Waals surface area contributed by atoms with Crippen molar-refractivity contribution in [2.45, 2.75) is 45.1 Å². The van der Waals surface area contributed by atoms with Gasteiger partial charge in [0, 0.05) is 30.7 Å². The minimum absolute atomic E-state index is 0.0697. The monoisotopic (exact) mass is 452 g/mol. The third kappa shape index (κ3) is 4.60. The van der Waals surface area contributed by atoms with Crippen LogP contribution in [0.2, 0.25) is 0 Å². The molecule has 4 rings (SSSR count). The molecule has 1 saturated heterocycles. The molecule has 9 heteroatoms. The van der Waals surface area contributed by atoms with E-state index in [1.165, 1.54) is 17.7 Å². The number of hydrogen-bond acceptors (Lipinski definition) is 7. The molecular formula is C24H28N4O5. The predicted octanol–water partition coefficient (Wildman–Crippen LogP) is 3.49. The largest absolute Gasteiger partial charge is 0.443 e. The zero-order valence-electron chi connectivity index (χ0n) is 19.2. The van der Waals surface area contributed by atoms with Crippen LogP contribution < -0.4 is 5.32 Å². The summed E-state index contributed by atoms with van der Waals surface area (Å²) in [7, 11) is 0. The van der Waals surface area contributed by atoms with Crippen LogP contribution in [0, 0.1) is 0 Å². The highest BCUT2D eigenvalue weighted by molar-refractivity contribution is 6.01. The van der Waals surface area contributed by atoms with Crippen molar-refractivity contribution < 1.29 is 24.2 Å². The summed E-state index contributed by atoms with van der Waals surface area (Å²) < 4.78 is 12.5. The standard InChI is InChI=1S/C24H28N4O5/c1-15(30)26-21-10-16-17(12-28(19(16)11-25-21)22(31)33-23(2,3)4)18-6-5-7-20(27-18)24(13-29)8-9-32-14-24/h5-7,10-12,29H,8-9,13-14H2,1-4H3,(H,25,26,30). The fraction of sp³-hybridized carbons (Fsp3) is 0.417. The number of aromatic nitrogens is 3. The Bertz CT molecular complexity index is 1210. The molecule has 0 bridgehead atoms. The molecule has 3 aromatic heterocycles. The normalized spacial score (nSPS) is 18.5. The molecule has 9 nitrogen and oxygen atoms in total. The molecule has 0 aromatic carbocycles. The van der Waals surface area contributed by atoms with Gasteiger partial charge in [-0.3, -0.25) is 14.3 Å². The van der Waals surface area contributed by atoms with E-state index in [4.69, 9.17) is 14.5 Å². The van der Waals surface area contributed by atoms with Crippen molar-refractivity contribution in [1.29, 1.82) is 0 Å². The van der Waals surface area contributed by atoms with E-state index in [-0.39, 0.29) is 12.5 Å². The fourth-order valence-corrected chi connectivity index (χ4v) is 3.93. The van der Waals surface area contributed by atoms with Gasteiger partial charge in [0.25, 0.3) is 0 Å². The first-order valence-electron chi connectivity index (χ1n) is 10.8. The minimum Gasteiger partial charge on any atom is -0.443 e. The number of anilines is 1. The number of pyridine rings is 2. The van der Waals surface area contributed by atoms with Crippen LogP contribution in [0.4, 0.5) is 10.6 Å². The summed E-state index contributed by atoms with van der Waals surface area (Å²) >= 11 is 0. The van der Waals surface area contributed by atoms with Gasteiger partial charge < -0.3 is 19.9 Å². The maximum absolute atomic E-state index is 12.9. The summed E-state index contributed by atoms with van der Waals surface area (Å²) in [6.45, 7) is 7.70. The number of carbonyl (C=O) groups is 2. The van der Waals surface area contributed by atoms with Gasteiger partial charge in [-0.1, -0.05) is 6.07 Å². The molecule has 1 atom stereocenters. The third-order valence-corrected chi connectivity index (χ3v) is 5.56. The molecule has 0 aliphatic carbocycles. The third-order valence-electron chi connectivity index (χ3n) is 5.56. The number of carbonyl (C=O) groups excluding carboxylic acids is 2. The smallest absolute Gasteiger partial charge is 0.419 e. The Balaban J connectivity index is 1.86. The topological polar surface area (TPSA) is 116 Å². The Morgan fingerprint density at radius 2 is 2.12 bits per heavy atom. The first-order valence-corrected chi connectivity index (χ1v) is 10.8. The Kier molecular flexibility index (Phi) is 5.94. The number of hydrogen-bond donors (Lipinski definition) is 2. The van der Waals surface area contributed by atoms with E-state index < -0.39 is 17.1 Å². The molecule has 174 valence electrons. The fourth-order valence-electron chi connectivity index (χ4n) is 3.93. The minimum atomic E-state index is -0.675. The number of nitrogens with zero attached hydrogens (tertiary/aromatic N) is 3. The van der Waals surface area contributed by atoms with Crippen molar-refractivity contribution in [1.82, 2.24) is 14.5 Å². The molecule has 0 radical (unpaired) electrons. The highest BCUT2D eigenvalue weighted by Gasteiger charge is 2.37. The van der Waals surface area contributed by atoms with Crippen LogP contribution in [0.25, 0.3) is 22.2 Å². The van der Waals surface area contributed by atoms with Crippen molar-refractivity contribution in [2.24, 2.45) is 0 Å². The molecule has 1 fully saturated rings. The molecular weight excluding hydrogens is 424 g/mol. The average molecular weight is 453 g/mol. The van der Waals surface area contributed by atoms with E-state index in [0.29, 0.717) is 47.6 Å². The number of amides is 1. The maximum Gasteiger partial charge on any atom is 0.419 e. The second-order valence-corrected chi connectivity index (χ2v) is 9.31. The van der Waals surface area contributed by atoms with E-state index in [1.54, 1.807) is 33.0 Å². The summed E-state index contributed by atoms with van der Waals surface area (Å²) in [5.41, 5.74) is 1.34. The summed E-state index contributed by atoms with van der Waals surface area (Å²) in [5.74, 6) is 0.117. The van der Waals surface area contributed by atoms with Gasteiger partial charge >= 0.3 is 6.09 Å². The Hall–Kier alpha value is -3.30. The lowest BCUT2D eigenvalue weighted by Gasteiger charge is -2.24. The number of aliphatic hydroxyl groups is 1. The van der Waals surface area contributed by atoms with Crippen LogP contribution in [0.3, 0.4) is 0 Å². The lowest BCUT2D eigenvalue weighted by atomic mass is 9.84. The van der Waals surface area contributed by atoms with Crippen molar-refractivity contribution in [2.75, 3.05) is 25.1 Å². The van der Waals surface area contributed by atoms with Gasteiger partial charge in [-0.05, 0) is 45.4 Å². The van der Waals surface area contributed by atoms with Crippen LogP contribution >= 0.6 is 0 Å². The van der Waals surface area contributed by atoms with Crippen molar-refractivity contribution >= 4 is 28.7 Å². The van der Waals surface area contributed by atoms with E-state index in [9.17, 15) is 14.7 Å². The quantitative estimate of drug-likeness (QED) is 0.622. The van der Waals surface area contributed by atoms with Gasteiger partial charge in [-0.15, -0.1) is 0 Å². The predicted molar refractivity (Wildman–Crippen MR) is 123 cm³/mol. The van der Waals surface area contributed by atoms with E-state index in [2.05, 4.69) is 10.3 Å². The van der Waals surface area contributed by atoms with Gasteiger partial charge in [0.2, 0.25) is 5.91 Å². The van der Waals surface area contributed by atoms with Crippen LogP contribution in [-0.4, -0.2) is 57.1 Å². The number of nitrogens with one attached hydrogen (secondary N) is 1. The molecule has 1 amide bonds. The number of fused-ring (bicyclic) bond motifs is 1. The Morgan fingerprint density at radius 1 is 1.33 bits per heavy atom.